The van der Waals surface area contributed by atoms with E-state index in [1.54, 1.807) is 11.3 Å². The molecule has 0 fully saturated rings. The van der Waals surface area contributed by atoms with E-state index in [1.165, 1.54) is 21.7 Å². The third kappa shape index (κ3) is 1.58. The molecule has 3 aromatic rings. The Morgan fingerprint density at radius 2 is 1.94 bits per heavy atom. The van der Waals surface area contributed by atoms with Crippen molar-refractivity contribution in [1.29, 1.82) is 0 Å². The van der Waals surface area contributed by atoms with Crippen molar-refractivity contribution in [1.82, 2.24) is 9.55 Å². The number of rotatable bonds is 1. The zero-order valence-electron chi connectivity index (χ0n) is 10.2. The summed E-state index contributed by atoms with van der Waals surface area (Å²) in [6.07, 6.45) is 0. The van der Waals surface area contributed by atoms with E-state index in [0.29, 0.717) is 0 Å². The van der Waals surface area contributed by atoms with Gasteiger partial charge in [-0.2, -0.15) is 0 Å². The maximum absolute atomic E-state index is 4.70. The Balaban J connectivity index is 2.23. The highest BCUT2D eigenvalue weighted by atomic mass is 32.1. The van der Waals surface area contributed by atoms with Gasteiger partial charge < -0.3 is 4.57 Å². The van der Waals surface area contributed by atoms with E-state index >= 15 is 0 Å². The van der Waals surface area contributed by atoms with Crippen LogP contribution in [0.3, 0.4) is 0 Å². The lowest BCUT2D eigenvalue weighted by atomic mass is 10.2. The number of aryl methyl sites for hydroxylation is 1. The summed E-state index contributed by atoms with van der Waals surface area (Å²) in [4.78, 5) is 4.70. The lowest BCUT2D eigenvalue weighted by molar-refractivity contribution is 0.845. The molecule has 0 N–H and O–H groups in total. The molecule has 2 nitrogen and oxygen atoms in total. The van der Waals surface area contributed by atoms with E-state index in [4.69, 9.17) is 4.98 Å². The lowest BCUT2D eigenvalue weighted by Crippen LogP contribution is -1.92. The zero-order chi connectivity index (χ0) is 12.0. The van der Waals surface area contributed by atoms with Crippen molar-refractivity contribution >= 4 is 21.6 Å². The minimum Gasteiger partial charge on any atom is -0.351 e. The molecule has 86 valence electrons. The maximum atomic E-state index is 4.70. The molecule has 1 aromatic carbocycles. The quantitative estimate of drug-likeness (QED) is 0.632. The summed E-state index contributed by atoms with van der Waals surface area (Å²) >= 11 is 1.76. The Morgan fingerprint density at radius 1 is 1.18 bits per heavy atom. The van der Waals surface area contributed by atoms with Gasteiger partial charge in [-0.05, 0) is 32.0 Å². The number of fused-ring (bicyclic) bond motifs is 1. The van der Waals surface area contributed by atoms with Gasteiger partial charge in [-0.15, -0.1) is 11.3 Å². The first-order chi connectivity index (χ1) is 8.16. The second-order valence-electron chi connectivity index (χ2n) is 4.33. The van der Waals surface area contributed by atoms with Crippen molar-refractivity contribution in [3.8, 4) is 10.6 Å². The minimum absolute atomic E-state index is 1.09. The van der Waals surface area contributed by atoms with E-state index in [2.05, 4.69) is 49.7 Å². The van der Waals surface area contributed by atoms with Crippen LogP contribution >= 0.6 is 11.3 Å². The van der Waals surface area contributed by atoms with Gasteiger partial charge in [0.25, 0.3) is 0 Å². The second kappa shape index (κ2) is 3.70. The van der Waals surface area contributed by atoms with Crippen LogP contribution in [0.25, 0.3) is 20.8 Å². The van der Waals surface area contributed by atoms with Gasteiger partial charge in [0.1, 0.15) is 5.01 Å². The van der Waals surface area contributed by atoms with Crippen molar-refractivity contribution < 1.29 is 0 Å². The number of para-hydroxylation sites is 1. The third-order valence-electron chi connectivity index (χ3n) is 3.30. The number of nitrogens with zero attached hydrogens (tertiary/aromatic N) is 2. The molecule has 0 bridgehead atoms. The molecular formula is C14H14N2S. The van der Waals surface area contributed by atoms with Gasteiger partial charge in [0.05, 0.1) is 10.2 Å². The molecular weight excluding hydrogens is 228 g/mol. The Kier molecular flexibility index (Phi) is 2.30. The molecule has 2 heterocycles. The highest BCUT2D eigenvalue weighted by molar-refractivity contribution is 7.21. The average Bonchev–Trinajstić information content (AvgIpc) is 2.86. The van der Waals surface area contributed by atoms with Crippen LogP contribution in [0.5, 0.6) is 0 Å². The van der Waals surface area contributed by atoms with Crippen LogP contribution in [0, 0.1) is 13.8 Å². The molecule has 0 atom stereocenters. The summed E-state index contributed by atoms with van der Waals surface area (Å²) in [5, 5.41) is 1.12. The fraction of sp³-hybridized carbons (Fsp3) is 0.214. The monoisotopic (exact) mass is 242 g/mol. The molecule has 2 aromatic heterocycles. The third-order valence-corrected chi connectivity index (χ3v) is 4.37. The lowest BCUT2D eigenvalue weighted by Gasteiger charge is -1.99. The minimum atomic E-state index is 1.09. The van der Waals surface area contributed by atoms with Gasteiger partial charge in [0.15, 0.2) is 0 Å². The van der Waals surface area contributed by atoms with Gasteiger partial charge in [0.2, 0.25) is 0 Å². The largest absolute Gasteiger partial charge is 0.351 e. The van der Waals surface area contributed by atoms with Crippen LogP contribution in [0.4, 0.5) is 0 Å². The fourth-order valence-corrected chi connectivity index (χ4v) is 3.09. The van der Waals surface area contributed by atoms with Crippen molar-refractivity contribution in [2.45, 2.75) is 13.8 Å². The van der Waals surface area contributed by atoms with Crippen LogP contribution in [0.2, 0.25) is 0 Å². The molecule has 0 radical (unpaired) electrons. The van der Waals surface area contributed by atoms with Crippen molar-refractivity contribution in [2.75, 3.05) is 0 Å². The molecule has 0 aliphatic heterocycles. The first kappa shape index (κ1) is 10.5. The summed E-state index contributed by atoms with van der Waals surface area (Å²) in [6, 6.07) is 10.5. The van der Waals surface area contributed by atoms with E-state index in [0.717, 1.165) is 10.5 Å². The molecule has 0 aliphatic rings. The molecule has 0 saturated heterocycles. The van der Waals surface area contributed by atoms with Crippen LogP contribution in [0.15, 0.2) is 30.3 Å². The first-order valence-corrected chi connectivity index (χ1v) is 6.47. The highest BCUT2D eigenvalue weighted by Crippen LogP contribution is 2.33. The number of aromatic nitrogens is 2. The second-order valence-corrected chi connectivity index (χ2v) is 5.36. The van der Waals surface area contributed by atoms with Gasteiger partial charge in [-0.3, -0.25) is 0 Å². The molecule has 3 rings (SSSR count). The van der Waals surface area contributed by atoms with Gasteiger partial charge in [-0.1, -0.05) is 12.1 Å². The number of benzene rings is 1. The predicted octanol–water partition coefficient (Wildman–Crippen LogP) is 3.92. The molecule has 0 saturated carbocycles. The van der Waals surface area contributed by atoms with E-state index in [1.807, 2.05) is 6.07 Å². The summed E-state index contributed by atoms with van der Waals surface area (Å²) in [7, 11) is 2.10. The SMILES string of the molecule is Cc1cc(-c2nc3ccccc3s2)c(C)n1C. The Labute approximate surface area is 105 Å². The highest BCUT2D eigenvalue weighted by Gasteiger charge is 2.12. The average molecular weight is 242 g/mol. The summed E-state index contributed by atoms with van der Waals surface area (Å²) in [5.74, 6) is 0. The molecule has 17 heavy (non-hydrogen) atoms. The van der Waals surface area contributed by atoms with Crippen LogP contribution in [-0.4, -0.2) is 9.55 Å². The summed E-state index contributed by atoms with van der Waals surface area (Å²) in [5.41, 5.74) is 4.90. The Hall–Kier alpha value is -1.61. The van der Waals surface area contributed by atoms with Gasteiger partial charge >= 0.3 is 0 Å². The molecule has 0 amide bonds. The van der Waals surface area contributed by atoms with Gasteiger partial charge in [0, 0.05) is 24.0 Å². The smallest absolute Gasteiger partial charge is 0.126 e. The van der Waals surface area contributed by atoms with E-state index in [9.17, 15) is 0 Å². The van der Waals surface area contributed by atoms with Crippen LogP contribution < -0.4 is 0 Å². The molecule has 0 aliphatic carbocycles. The number of hydrogen-bond acceptors (Lipinski definition) is 2. The Bertz CT molecular complexity index is 658. The Morgan fingerprint density at radius 3 is 2.59 bits per heavy atom. The topological polar surface area (TPSA) is 17.8 Å². The summed E-state index contributed by atoms with van der Waals surface area (Å²) < 4.78 is 3.46. The van der Waals surface area contributed by atoms with Crippen LogP contribution in [0.1, 0.15) is 11.4 Å². The van der Waals surface area contributed by atoms with Crippen LogP contribution in [-0.2, 0) is 7.05 Å². The molecule has 3 heteroatoms. The zero-order valence-corrected chi connectivity index (χ0v) is 11.0. The van der Waals surface area contributed by atoms with E-state index in [-0.39, 0.29) is 0 Å². The van der Waals surface area contributed by atoms with Crippen molar-refractivity contribution in [3.05, 3.63) is 41.7 Å². The number of thiazole rings is 1. The first-order valence-electron chi connectivity index (χ1n) is 5.65. The standard InChI is InChI=1S/C14H14N2S/c1-9-8-11(10(2)16(9)3)14-15-12-6-4-5-7-13(12)17-14/h4-8H,1-3H3. The predicted molar refractivity (Wildman–Crippen MR) is 73.5 cm³/mol. The van der Waals surface area contributed by atoms with Crippen molar-refractivity contribution in [3.63, 3.8) is 0 Å². The maximum Gasteiger partial charge on any atom is 0.126 e. The molecule has 0 spiro atoms. The summed E-state index contributed by atoms with van der Waals surface area (Å²) in [6.45, 7) is 4.28. The molecule has 0 unspecified atom stereocenters. The van der Waals surface area contributed by atoms with Crippen molar-refractivity contribution in [2.24, 2.45) is 7.05 Å². The van der Waals surface area contributed by atoms with E-state index < -0.39 is 0 Å². The fourth-order valence-electron chi connectivity index (χ4n) is 2.06. The van der Waals surface area contributed by atoms with Gasteiger partial charge in [-0.25, -0.2) is 4.98 Å². The normalized spacial score (nSPS) is 11.2. The number of hydrogen-bond donors (Lipinski definition) is 0.